The van der Waals surface area contributed by atoms with Gasteiger partial charge in [-0.25, -0.2) is 8.42 Å². The molecule has 0 saturated heterocycles. The Labute approximate surface area is 133 Å². The largest absolute Gasteiger partial charge is 0.326 e. The zero-order chi connectivity index (χ0) is 16.0. The predicted molar refractivity (Wildman–Crippen MR) is 89.9 cm³/mol. The van der Waals surface area contributed by atoms with Gasteiger partial charge in [0.25, 0.3) is 0 Å². The lowest BCUT2D eigenvalue weighted by Crippen LogP contribution is -2.34. The van der Waals surface area contributed by atoms with E-state index in [9.17, 15) is 8.42 Å². The van der Waals surface area contributed by atoms with Gasteiger partial charge in [0.05, 0.1) is 4.90 Å². The number of sulfonamides is 1. The molecule has 1 rings (SSSR count). The first-order chi connectivity index (χ1) is 9.77. The molecule has 122 valence electrons. The molecule has 0 aliphatic carbocycles. The van der Waals surface area contributed by atoms with Crippen LogP contribution in [0, 0.1) is 11.8 Å². The van der Waals surface area contributed by atoms with Gasteiger partial charge in [-0.05, 0) is 30.7 Å². The summed E-state index contributed by atoms with van der Waals surface area (Å²) in [6, 6.07) is 1.71. The van der Waals surface area contributed by atoms with Gasteiger partial charge < -0.3 is 5.73 Å². The van der Waals surface area contributed by atoms with Crippen LogP contribution in [0.1, 0.15) is 45.4 Å². The Morgan fingerprint density at radius 1 is 1.14 bits per heavy atom. The lowest BCUT2D eigenvalue weighted by atomic mass is 10.1. The van der Waals surface area contributed by atoms with Crippen molar-refractivity contribution in [1.82, 2.24) is 4.31 Å². The lowest BCUT2D eigenvalue weighted by molar-refractivity contribution is 0.357. The highest BCUT2D eigenvalue weighted by Crippen LogP contribution is 2.23. The number of hydrogen-bond acceptors (Lipinski definition) is 4. The van der Waals surface area contributed by atoms with E-state index in [1.165, 1.54) is 11.3 Å². The molecule has 0 amide bonds. The van der Waals surface area contributed by atoms with Gasteiger partial charge in [-0.2, -0.15) is 4.31 Å². The lowest BCUT2D eigenvalue weighted by Gasteiger charge is -2.23. The molecule has 0 saturated carbocycles. The maximum absolute atomic E-state index is 12.8. The molecule has 0 aromatic carbocycles. The molecule has 1 aromatic rings. The highest BCUT2D eigenvalue weighted by Gasteiger charge is 2.25. The van der Waals surface area contributed by atoms with E-state index in [1.54, 1.807) is 15.8 Å². The first-order valence-electron chi connectivity index (χ1n) is 7.55. The molecule has 0 unspecified atom stereocenters. The van der Waals surface area contributed by atoms with Gasteiger partial charge in [0.2, 0.25) is 10.0 Å². The minimum Gasteiger partial charge on any atom is -0.326 e. The van der Waals surface area contributed by atoms with E-state index >= 15 is 0 Å². The van der Waals surface area contributed by atoms with Crippen molar-refractivity contribution in [2.45, 2.75) is 52.0 Å². The number of thiophene rings is 1. The van der Waals surface area contributed by atoms with Crippen molar-refractivity contribution in [3.63, 3.8) is 0 Å². The summed E-state index contributed by atoms with van der Waals surface area (Å²) < 4.78 is 27.2. The van der Waals surface area contributed by atoms with Gasteiger partial charge in [0.15, 0.2) is 0 Å². The summed E-state index contributed by atoms with van der Waals surface area (Å²) in [4.78, 5) is 1.29. The second-order valence-electron chi connectivity index (χ2n) is 6.22. The topological polar surface area (TPSA) is 63.4 Å². The quantitative estimate of drug-likeness (QED) is 0.755. The van der Waals surface area contributed by atoms with Crippen LogP contribution in [-0.4, -0.2) is 25.8 Å². The van der Waals surface area contributed by atoms with E-state index in [2.05, 4.69) is 27.7 Å². The second kappa shape index (κ2) is 8.27. The Bertz CT molecular complexity index is 510. The number of nitrogens with two attached hydrogens (primary N) is 1. The monoisotopic (exact) mass is 332 g/mol. The second-order valence-corrected chi connectivity index (χ2v) is 9.16. The smallest absolute Gasteiger partial charge is 0.243 e. The zero-order valence-corrected chi connectivity index (χ0v) is 15.1. The third-order valence-electron chi connectivity index (χ3n) is 3.38. The average molecular weight is 333 g/mol. The Hall–Kier alpha value is -0.430. The van der Waals surface area contributed by atoms with E-state index in [-0.39, 0.29) is 0 Å². The van der Waals surface area contributed by atoms with Gasteiger partial charge >= 0.3 is 0 Å². The molecule has 0 bridgehead atoms. The zero-order valence-electron chi connectivity index (χ0n) is 13.5. The Balaban J connectivity index is 2.92. The fraction of sp³-hybridized carbons (Fsp3) is 0.733. The van der Waals surface area contributed by atoms with Crippen LogP contribution in [0.5, 0.6) is 0 Å². The van der Waals surface area contributed by atoms with Crippen LogP contribution < -0.4 is 5.73 Å². The molecular weight excluding hydrogens is 304 g/mol. The van der Waals surface area contributed by atoms with E-state index in [0.29, 0.717) is 36.4 Å². The van der Waals surface area contributed by atoms with Crippen LogP contribution in [0.4, 0.5) is 0 Å². The third kappa shape index (κ3) is 5.70. The SMILES string of the molecule is CC(C)CCN(CCC(C)C)S(=O)(=O)c1csc(CN)c1. The summed E-state index contributed by atoms with van der Waals surface area (Å²) in [5, 5.41) is 1.70. The van der Waals surface area contributed by atoms with Crippen molar-refractivity contribution in [3.8, 4) is 0 Å². The Morgan fingerprint density at radius 3 is 2.05 bits per heavy atom. The normalized spacial score (nSPS) is 12.8. The summed E-state index contributed by atoms with van der Waals surface area (Å²) in [7, 11) is -3.39. The third-order valence-corrected chi connectivity index (χ3v) is 6.37. The first-order valence-corrected chi connectivity index (χ1v) is 9.87. The van der Waals surface area contributed by atoms with E-state index in [4.69, 9.17) is 5.73 Å². The van der Waals surface area contributed by atoms with E-state index in [1.807, 2.05) is 0 Å². The molecule has 0 fully saturated rings. The first kappa shape index (κ1) is 18.6. The molecule has 21 heavy (non-hydrogen) atoms. The fourth-order valence-electron chi connectivity index (χ4n) is 1.91. The van der Waals surface area contributed by atoms with Crippen molar-refractivity contribution < 1.29 is 8.42 Å². The molecule has 0 aliphatic heterocycles. The summed E-state index contributed by atoms with van der Waals surface area (Å²) in [5.41, 5.74) is 5.58. The standard InChI is InChI=1S/C15H28N2O2S2/c1-12(2)5-7-17(8-6-13(3)4)21(18,19)15-9-14(10-16)20-11-15/h9,11-13H,5-8,10,16H2,1-4H3. The molecule has 0 radical (unpaired) electrons. The van der Waals surface area contributed by atoms with Gasteiger partial charge in [-0.1, -0.05) is 27.7 Å². The number of nitrogens with zero attached hydrogens (tertiary/aromatic N) is 1. The van der Waals surface area contributed by atoms with Gasteiger partial charge in [0, 0.05) is 29.9 Å². The molecule has 4 nitrogen and oxygen atoms in total. The van der Waals surface area contributed by atoms with Gasteiger partial charge in [-0.15, -0.1) is 11.3 Å². The summed E-state index contributed by atoms with van der Waals surface area (Å²) in [6.45, 7) is 10.0. The number of hydrogen-bond donors (Lipinski definition) is 1. The number of rotatable bonds is 9. The Kier molecular flexibility index (Phi) is 7.33. The highest BCUT2D eigenvalue weighted by atomic mass is 32.2. The molecule has 0 spiro atoms. The minimum absolute atomic E-state index is 0.387. The molecule has 0 atom stereocenters. The molecule has 6 heteroatoms. The minimum atomic E-state index is -3.39. The van der Waals surface area contributed by atoms with Crippen LogP contribution in [0.2, 0.25) is 0 Å². The summed E-state index contributed by atoms with van der Waals surface area (Å²) in [6.07, 6.45) is 1.76. The van der Waals surface area contributed by atoms with Gasteiger partial charge in [0.1, 0.15) is 0 Å². The van der Waals surface area contributed by atoms with Crippen molar-refractivity contribution in [2.75, 3.05) is 13.1 Å². The predicted octanol–water partition coefficient (Wildman–Crippen LogP) is 3.29. The van der Waals surface area contributed by atoms with Crippen LogP contribution in [0.25, 0.3) is 0 Å². The van der Waals surface area contributed by atoms with E-state index in [0.717, 1.165) is 17.7 Å². The van der Waals surface area contributed by atoms with Crippen molar-refractivity contribution >= 4 is 21.4 Å². The summed E-state index contributed by atoms with van der Waals surface area (Å²) in [5.74, 6) is 0.979. The maximum atomic E-state index is 12.8. The van der Waals surface area contributed by atoms with Crippen LogP contribution in [-0.2, 0) is 16.6 Å². The van der Waals surface area contributed by atoms with Crippen molar-refractivity contribution in [2.24, 2.45) is 17.6 Å². The molecule has 1 heterocycles. The highest BCUT2D eigenvalue weighted by molar-refractivity contribution is 7.89. The van der Waals surface area contributed by atoms with Crippen molar-refractivity contribution in [1.29, 1.82) is 0 Å². The van der Waals surface area contributed by atoms with Crippen molar-refractivity contribution in [3.05, 3.63) is 16.3 Å². The molecule has 1 aromatic heterocycles. The van der Waals surface area contributed by atoms with Crippen LogP contribution >= 0.6 is 11.3 Å². The molecular formula is C15H28N2O2S2. The summed E-state index contributed by atoms with van der Waals surface area (Å²) >= 11 is 1.41. The average Bonchev–Trinajstić information content (AvgIpc) is 2.87. The van der Waals surface area contributed by atoms with E-state index < -0.39 is 10.0 Å². The maximum Gasteiger partial charge on any atom is 0.243 e. The van der Waals surface area contributed by atoms with Crippen LogP contribution in [0.15, 0.2) is 16.3 Å². The fourth-order valence-corrected chi connectivity index (χ4v) is 4.52. The Morgan fingerprint density at radius 2 is 1.67 bits per heavy atom. The molecule has 2 N–H and O–H groups in total. The van der Waals surface area contributed by atoms with Gasteiger partial charge in [-0.3, -0.25) is 0 Å². The molecule has 0 aliphatic rings. The van der Waals surface area contributed by atoms with Crippen LogP contribution in [0.3, 0.4) is 0 Å².